The summed E-state index contributed by atoms with van der Waals surface area (Å²) >= 11 is 0. The molecule has 0 amide bonds. The highest BCUT2D eigenvalue weighted by atomic mass is 32.2. The summed E-state index contributed by atoms with van der Waals surface area (Å²) in [7, 11) is -0.262. The van der Waals surface area contributed by atoms with E-state index in [0.717, 1.165) is 48.4 Å². The number of rotatable bonds is 6. The average molecular weight is 531 g/mol. The van der Waals surface area contributed by atoms with E-state index in [1.165, 1.54) is 5.69 Å². The molecule has 38 heavy (non-hydrogen) atoms. The molecule has 9 heteroatoms. The zero-order valence-electron chi connectivity index (χ0n) is 22.4. The largest absolute Gasteiger partial charge is 0.369 e. The van der Waals surface area contributed by atoms with Crippen molar-refractivity contribution < 1.29 is 4.21 Å². The molecule has 0 radical (unpaired) electrons. The molecule has 1 unspecified atom stereocenters. The number of nitrogens with one attached hydrogen (secondary N) is 1. The Kier molecular flexibility index (Phi) is 6.98. The molecule has 1 atom stereocenters. The molecular formula is C29H34N6O2S. The van der Waals surface area contributed by atoms with Crippen LogP contribution in [0.1, 0.15) is 12.5 Å². The van der Waals surface area contributed by atoms with Gasteiger partial charge in [0.25, 0.3) is 5.56 Å². The third-order valence-corrected chi connectivity index (χ3v) is 8.38. The van der Waals surface area contributed by atoms with Crippen LogP contribution in [-0.2, 0) is 16.1 Å². The van der Waals surface area contributed by atoms with E-state index in [0.29, 0.717) is 28.6 Å². The highest BCUT2D eigenvalue weighted by Gasteiger charge is 2.17. The Morgan fingerprint density at radius 2 is 1.74 bits per heavy atom. The molecule has 0 bridgehead atoms. The summed E-state index contributed by atoms with van der Waals surface area (Å²) in [4.78, 5) is 28.2. The zero-order chi connectivity index (χ0) is 27.0. The first-order valence-corrected chi connectivity index (χ1v) is 14.9. The summed E-state index contributed by atoms with van der Waals surface area (Å²) in [5.74, 6) is 4.23. The van der Waals surface area contributed by atoms with E-state index in [9.17, 15) is 9.00 Å². The van der Waals surface area contributed by atoms with Crippen LogP contribution in [-0.4, -0.2) is 69.0 Å². The van der Waals surface area contributed by atoms with Gasteiger partial charge in [-0.25, -0.2) is 4.98 Å². The fraction of sp³-hybridized carbons (Fsp3) is 0.310. The number of anilines is 3. The fourth-order valence-corrected chi connectivity index (χ4v) is 5.54. The van der Waals surface area contributed by atoms with E-state index in [1.807, 2.05) is 50.2 Å². The summed E-state index contributed by atoms with van der Waals surface area (Å²) in [6.45, 7) is 8.48. The second-order valence-corrected chi connectivity index (χ2v) is 12.5. The number of pyridine rings is 1. The molecule has 2 aromatic heterocycles. The van der Waals surface area contributed by atoms with Gasteiger partial charge in [-0.2, -0.15) is 4.98 Å². The summed E-state index contributed by atoms with van der Waals surface area (Å²) in [6, 6.07) is 15.6. The molecule has 8 nitrogen and oxygen atoms in total. The van der Waals surface area contributed by atoms with Crippen LogP contribution in [0.2, 0.25) is 0 Å². The Labute approximate surface area is 224 Å². The van der Waals surface area contributed by atoms with Crippen LogP contribution in [0, 0.1) is 6.92 Å². The van der Waals surface area contributed by atoms with Crippen molar-refractivity contribution in [2.45, 2.75) is 25.3 Å². The lowest BCUT2D eigenvalue weighted by Gasteiger charge is -2.34. The standard InChI is InChI=1S/C29H34N6O2S/c1-6-35-27-21(17-26(28(35)36)25-18-24(38(4,5)37)12-7-20(25)2)19-30-29(32-27)31-22-8-10-23(11-9-22)34-15-13-33(3)14-16-34/h7-12,17-19H,4,6,13-16H2,1-3,5H3,(H,30,31,32). The van der Waals surface area contributed by atoms with Crippen LogP contribution in [0.5, 0.6) is 0 Å². The lowest BCUT2D eigenvalue weighted by Crippen LogP contribution is -2.44. The Balaban J connectivity index is 1.47. The van der Waals surface area contributed by atoms with Crippen molar-refractivity contribution in [3.63, 3.8) is 0 Å². The maximum Gasteiger partial charge on any atom is 0.260 e. The molecule has 5 rings (SSSR count). The predicted molar refractivity (Wildman–Crippen MR) is 159 cm³/mol. The molecule has 1 N–H and O–H groups in total. The Morgan fingerprint density at radius 3 is 2.39 bits per heavy atom. The number of benzene rings is 2. The topological polar surface area (TPSA) is 83.4 Å². The molecule has 4 aromatic rings. The van der Waals surface area contributed by atoms with Crippen LogP contribution in [0.25, 0.3) is 22.2 Å². The molecule has 2 aromatic carbocycles. The molecule has 0 aliphatic carbocycles. The predicted octanol–water partition coefficient (Wildman–Crippen LogP) is 3.99. The molecule has 0 spiro atoms. The fourth-order valence-electron chi connectivity index (χ4n) is 4.81. The van der Waals surface area contributed by atoms with Gasteiger partial charge in [-0.05, 0) is 89.9 Å². The Hall–Kier alpha value is -3.69. The third kappa shape index (κ3) is 5.16. The van der Waals surface area contributed by atoms with Gasteiger partial charge < -0.3 is 15.1 Å². The first-order valence-electron chi connectivity index (χ1n) is 12.8. The molecular weight excluding hydrogens is 496 g/mol. The second kappa shape index (κ2) is 10.2. The van der Waals surface area contributed by atoms with Crippen LogP contribution in [0.15, 0.2) is 64.4 Å². The second-order valence-electron chi connectivity index (χ2n) is 10.0. The molecule has 0 saturated carbocycles. The smallest absolute Gasteiger partial charge is 0.260 e. The van der Waals surface area contributed by atoms with Gasteiger partial charge in [0.05, 0.1) is 0 Å². The number of aryl methyl sites for hydroxylation is 2. The number of likely N-dealkylation sites (N-methyl/N-ethyl adjacent to an activating group) is 1. The maximum absolute atomic E-state index is 13.6. The first-order chi connectivity index (χ1) is 18.1. The molecule has 198 valence electrons. The van der Waals surface area contributed by atoms with Crippen LogP contribution in [0.3, 0.4) is 0 Å². The number of aromatic nitrogens is 3. The van der Waals surface area contributed by atoms with Crippen LogP contribution in [0.4, 0.5) is 17.3 Å². The number of piperazine rings is 1. The zero-order valence-corrected chi connectivity index (χ0v) is 23.2. The van der Waals surface area contributed by atoms with Crippen LogP contribution >= 0.6 is 0 Å². The minimum absolute atomic E-state index is 0.145. The highest BCUT2D eigenvalue weighted by molar-refractivity contribution is 7.99. The van der Waals surface area contributed by atoms with E-state index < -0.39 is 9.52 Å². The first kappa shape index (κ1) is 25.9. The Morgan fingerprint density at radius 1 is 1.03 bits per heavy atom. The summed E-state index contributed by atoms with van der Waals surface area (Å²) in [5.41, 5.74) is 4.71. The minimum Gasteiger partial charge on any atom is -0.369 e. The number of hydrogen-bond acceptors (Lipinski definition) is 7. The van der Waals surface area contributed by atoms with Gasteiger partial charge in [0.15, 0.2) is 0 Å². The van der Waals surface area contributed by atoms with Gasteiger partial charge >= 0.3 is 0 Å². The molecule has 1 saturated heterocycles. The monoisotopic (exact) mass is 530 g/mol. The molecule has 1 aliphatic rings. The van der Waals surface area contributed by atoms with Crippen molar-refractivity contribution >= 4 is 43.7 Å². The van der Waals surface area contributed by atoms with E-state index >= 15 is 0 Å². The number of hydrogen-bond donors (Lipinski definition) is 1. The highest BCUT2D eigenvalue weighted by Crippen LogP contribution is 2.27. The van der Waals surface area contributed by atoms with Crippen molar-refractivity contribution in [2.75, 3.05) is 49.7 Å². The van der Waals surface area contributed by atoms with Gasteiger partial charge in [0.1, 0.15) is 5.65 Å². The maximum atomic E-state index is 13.6. The quantitative estimate of drug-likeness (QED) is 0.378. The van der Waals surface area contributed by atoms with E-state index in [2.05, 4.69) is 45.2 Å². The average Bonchev–Trinajstić information content (AvgIpc) is 2.89. The molecule has 1 aliphatic heterocycles. The van der Waals surface area contributed by atoms with E-state index in [-0.39, 0.29) is 5.56 Å². The lowest BCUT2D eigenvalue weighted by atomic mass is 10.0. The molecule has 1 fully saturated rings. The number of nitrogens with zero attached hydrogens (tertiary/aromatic N) is 5. The van der Waals surface area contributed by atoms with Crippen molar-refractivity contribution in [1.29, 1.82) is 0 Å². The van der Waals surface area contributed by atoms with Crippen molar-refractivity contribution in [2.24, 2.45) is 0 Å². The number of fused-ring (bicyclic) bond motifs is 1. The van der Waals surface area contributed by atoms with Gasteiger partial charge in [-0.15, -0.1) is 0 Å². The summed E-state index contributed by atoms with van der Waals surface area (Å²) in [5, 5.41) is 4.04. The van der Waals surface area contributed by atoms with Crippen molar-refractivity contribution in [1.82, 2.24) is 19.4 Å². The van der Waals surface area contributed by atoms with Gasteiger partial charge in [-0.3, -0.25) is 13.6 Å². The normalized spacial score (nSPS) is 15.9. The summed E-state index contributed by atoms with van der Waals surface area (Å²) < 4.78 is 14.2. The molecule has 3 heterocycles. The SMILES string of the molecule is C=S(C)(=O)c1ccc(C)c(-c2cc3cnc(Nc4ccc(N5CCN(C)CC5)cc4)nc3n(CC)c2=O)c1. The van der Waals surface area contributed by atoms with E-state index in [4.69, 9.17) is 4.98 Å². The van der Waals surface area contributed by atoms with Gasteiger partial charge in [0.2, 0.25) is 5.95 Å². The van der Waals surface area contributed by atoms with Crippen LogP contribution < -0.4 is 15.8 Å². The van der Waals surface area contributed by atoms with Gasteiger partial charge in [0, 0.05) is 72.4 Å². The van der Waals surface area contributed by atoms with Crippen molar-refractivity contribution in [3.05, 3.63) is 70.6 Å². The Bertz CT molecular complexity index is 1650. The lowest BCUT2D eigenvalue weighted by molar-refractivity contribution is 0.313. The minimum atomic E-state index is -2.41. The third-order valence-electron chi connectivity index (χ3n) is 7.13. The summed E-state index contributed by atoms with van der Waals surface area (Å²) in [6.07, 6.45) is 3.34. The van der Waals surface area contributed by atoms with E-state index in [1.54, 1.807) is 17.0 Å². The van der Waals surface area contributed by atoms with Gasteiger partial charge in [-0.1, -0.05) is 6.07 Å². The van der Waals surface area contributed by atoms with Crippen molar-refractivity contribution in [3.8, 4) is 11.1 Å².